The molecule has 3 N–H and O–H groups in total. The van der Waals surface area contributed by atoms with Crippen LogP contribution in [0.4, 0.5) is 19.7 Å². The Bertz CT molecular complexity index is 1660. The number of piperazine rings is 1. The summed E-state index contributed by atoms with van der Waals surface area (Å²) in [6.45, 7) is 3.87. The van der Waals surface area contributed by atoms with Crippen molar-refractivity contribution >= 4 is 43.4 Å². The SMILES string of the molecule is CN1CCC(COn2nc(N3CC4CCC(C3)N4)c3ccc(-c4cc(F)c(F)c5nc(N)sc45)nc3c2=O)CC1. The Morgan fingerprint density at radius 1 is 1.10 bits per heavy atom. The molecule has 3 aliphatic rings. The first-order chi connectivity index (χ1) is 19.3. The molecule has 7 rings (SSSR count). The van der Waals surface area contributed by atoms with Gasteiger partial charge < -0.3 is 25.7 Å². The normalized spacial score (nSPS) is 22.0. The fraction of sp³-hybridized carbons (Fsp3) is 0.481. The molecule has 0 spiro atoms. The van der Waals surface area contributed by atoms with Crippen LogP contribution in [0.1, 0.15) is 25.7 Å². The number of nitrogens with one attached hydrogen (secondary N) is 1. The van der Waals surface area contributed by atoms with Crippen LogP contribution in [0.5, 0.6) is 0 Å². The number of hydrogen-bond donors (Lipinski definition) is 2. The van der Waals surface area contributed by atoms with E-state index in [1.807, 2.05) is 0 Å². The van der Waals surface area contributed by atoms with Crippen molar-refractivity contribution < 1.29 is 13.6 Å². The van der Waals surface area contributed by atoms with Gasteiger partial charge in [-0.3, -0.25) is 4.79 Å². The molecule has 10 nitrogen and oxygen atoms in total. The minimum absolute atomic E-state index is 0.117. The first kappa shape index (κ1) is 25.5. The van der Waals surface area contributed by atoms with E-state index < -0.39 is 17.2 Å². The minimum atomic E-state index is -1.06. The highest BCUT2D eigenvalue weighted by molar-refractivity contribution is 7.22. The number of piperidine rings is 1. The van der Waals surface area contributed by atoms with E-state index in [2.05, 4.69) is 27.1 Å². The fourth-order valence-corrected chi connectivity index (χ4v) is 7.00. The molecule has 3 saturated heterocycles. The monoisotopic (exact) mass is 568 g/mol. The summed E-state index contributed by atoms with van der Waals surface area (Å²) in [5, 5.41) is 9.03. The predicted molar refractivity (Wildman–Crippen MR) is 151 cm³/mol. The number of rotatable bonds is 5. The summed E-state index contributed by atoms with van der Waals surface area (Å²) in [5.74, 6) is -1.16. The van der Waals surface area contributed by atoms with Crippen LogP contribution in [-0.2, 0) is 0 Å². The molecule has 0 aliphatic carbocycles. The molecular formula is C27H30F2N8O2S. The van der Waals surface area contributed by atoms with E-state index in [9.17, 15) is 13.6 Å². The zero-order chi connectivity index (χ0) is 27.5. The molecule has 0 radical (unpaired) electrons. The molecule has 13 heteroatoms. The van der Waals surface area contributed by atoms with Crippen LogP contribution in [0.3, 0.4) is 0 Å². The van der Waals surface area contributed by atoms with Gasteiger partial charge in [0.1, 0.15) is 17.6 Å². The average Bonchev–Trinajstić information content (AvgIpc) is 3.51. The summed E-state index contributed by atoms with van der Waals surface area (Å²) in [5.41, 5.74) is 5.99. The van der Waals surface area contributed by atoms with Crippen LogP contribution in [0.25, 0.3) is 32.4 Å². The summed E-state index contributed by atoms with van der Waals surface area (Å²) >= 11 is 1.05. The molecule has 210 valence electrons. The lowest BCUT2D eigenvalue weighted by Crippen LogP contribution is -2.52. The number of halogens is 2. The van der Waals surface area contributed by atoms with Crippen LogP contribution in [0.2, 0.25) is 0 Å². The highest BCUT2D eigenvalue weighted by Crippen LogP contribution is 2.37. The zero-order valence-corrected chi connectivity index (χ0v) is 22.9. The lowest BCUT2D eigenvalue weighted by Gasteiger charge is -2.34. The Hall–Kier alpha value is -3.42. The van der Waals surface area contributed by atoms with E-state index in [-0.39, 0.29) is 16.2 Å². The van der Waals surface area contributed by atoms with Crippen molar-refractivity contribution in [2.75, 3.05) is 50.5 Å². The Morgan fingerprint density at radius 3 is 2.60 bits per heavy atom. The summed E-state index contributed by atoms with van der Waals surface area (Å²) in [6, 6.07) is 5.28. The molecule has 2 unspecified atom stereocenters. The van der Waals surface area contributed by atoms with E-state index in [0.29, 0.717) is 51.8 Å². The number of thiazole rings is 1. The topological polar surface area (TPSA) is 114 Å². The molecule has 40 heavy (non-hydrogen) atoms. The summed E-state index contributed by atoms with van der Waals surface area (Å²) in [4.78, 5) is 34.0. The van der Waals surface area contributed by atoms with E-state index in [4.69, 9.17) is 20.7 Å². The number of fused-ring (bicyclic) bond motifs is 4. The molecule has 1 aromatic carbocycles. The van der Waals surface area contributed by atoms with Crippen LogP contribution in [-0.4, -0.2) is 76.7 Å². The molecule has 3 aliphatic heterocycles. The maximum Gasteiger partial charge on any atom is 0.329 e. The number of aromatic nitrogens is 4. The van der Waals surface area contributed by atoms with Crippen molar-refractivity contribution in [1.29, 1.82) is 0 Å². The van der Waals surface area contributed by atoms with Gasteiger partial charge >= 0.3 is 5.56 Å². The van der Waals surface area contributed by atoms with Gasteiger partial charge in [0.2, 0.25) is 0 Å². The molecule has 3 fully saturated rings. The first-order valence-corrected chi connectivity index (χ1v) is 14.5. The first-order valence-electron chi connectivity index (χ1n) is 13.7. The van der Waals surface area contributed by atoms with Gasteiger partial charge in [-0.25, -0.2) is 18.7 Å². The Morgan fingerprint density at radius 2 is 1.85 bits per heavy atom. The van der Waals surface area contributed by atoms with Crippen molar-refractivity contribution in [2.24, 2.45) is 5.92 Å². The van der Waals surface area contributed by atoms with Gasteiger partial charge in [0, 0.05) is 30.7 Å². The third kappa shape index (κ3) is 4.45. The number of likely N-dealkylation sites (tertiary alicyclic amines) is 1. The van der Waals surface area contributed by atoms with E-state index in [1.54, 1.807) is 12.1 Å². The van der Waals surface area contributed by atoms with Crippen LogP contribution in [0.15, 0.2) is 23.0 Å². The summed E-state index contributed by atoms with van der Waals surface area (Å²) in [6.07, 6.45) is 4.16. The molecule has 3 aromatic heterocycles. The van der Waals surface area contributed by atoms with Crippen LogP contribution < -0.4 is 26.3 Å². The van der Waals surface area contributed by atoms with Crippen LogP contribution in [0, 0.1) is 17.6 Å². The van der Waals surface area contributed by atoms with Crippen molar-refractivity contribution in [3.05, 3.63) is 40.2 Å². The minimum Gasteiger partial charge on any atom is -0.393 e. The van der Waals surface area contributed by atoms with Gasteiger partial charge in [-0.2, -0.15) is 0 Å². The smallest absolute Gasteiger partial charge is 0.329 e. The third-order valence-electron chi connectivity index (χ3n) is 8.34. The number of hydrogen-bond acceptors (Lipinski definition) is 10. The molecule has 4 aromatic rings. The van der Waals surface area contributed by atoms with Gasteiger partial charge in [0.05, 0.1) is 15.8 Å². The molecule has 0 amide bonds. The summed E-state index contributed by atoms with van der Waals surface area (Å²) in [7, 11) is 2.10. The lowest BCUT2D eigenvalue weighted by atomic mass is 9.98. The summed E-state index contributed by atoms with van der Waals surface area (Å²) < 4.78 is 29.4. The number of pyridine rings is 1. The Labute approximate surface area is 232 Å². The molecule has 6 heterocycles. The zero-order valence-electron chi connectivity index (χ0n) is 22.1. The second-order valence-electron chi connectivity index (χ2n) is 11.1. The third-order valence-corrected chi connectivity index (χ3v) is 9.26. The van der Waals surface area contributed by atoms with Crippen molar-refractivity contribution in [3.8, 4) is 11.3 Å². The van der Waals surface area contributed by atoms with Crippen LogP contribution >= 0.6 is 11.3 Å². The largest absolute Gasteiger partial charge is 0.393 e. The Kier molecular flexibility index (Phi) is 6.32. The number of nitrogen functional groups attached to an aromatic ring is 1. The van der Waals surface area contributed by atoms with E-state index in [1.165, 1.54) is 0 Å². The van der Waals surface area contributed by atoms with Gasteiger partial charge in [0.25, 0.3) is 0 Å². The van der Waals surface area contributed by atoms with Gasteiger partial charge in [-0.1, -0.05) is 16.2 Å². The number of nitrogens with zero attached hydrogens (tertiary/aromatic N) is 6. The van der Waals surface area contributed by atoms with Crippen molar-refractivity contribution in [3.63, 3.8) is 0 Å². The molecular weight excluding hydrogens is 538 g/mol. The maximum atomic E-state index is 14.6. The van der Waals surface area contributed by atoms with Crippen molar-refractivity contribution in [2.45, 2.75) is 37.8 Å². The van der Waals surface area contributed by atoms with Gasteiger partial charge in [0.15, 0.2) is 22.6 Å². The molecule has 0 saturated carbocycles. The number of anilines is 2. The second kappa shape index (κ2) is 9.89. The molecule has 2 bridgehead atoms. The van der Waals surface area contributed by atoms with Crippen molar-refractivity contribution in [1.82, 2.24) is 30.1 Å². The maximum absolute atomic E-state index is 14.6. The van der Waals surface area contributed by atoms with E-state index >= 15 is 0 Å². The van der Waals surface area contributed by atoms with Gasteiger partial charge in [-0.05, 0) is 69.9 Å². The highest BCUT2D eigenvalue weighted by Gasteiger charge is 2.34. The second-order valence-corrected chi connectivity index (χ2v) is 12.2. The lowest BCUT2D eigenvalue weighted by molar-refractivity contribution is 0.0319. The standard InChI is InChI=1S/C27H30F2N8O2S/c1-35-8-6-14(7-9-35)13-39-37-26(38)22-17(25(34-37)36-11-15-2-3-16(12-36)31-15)4-5-20(32-22)18-10-19(28)21(29)23-24(18)40-27(30)33-23/h4-5,10,14-16,31H,2-3,6-9,11-13H2,1H3,(H2,30,33). The number of benzene rings is 1. The predicted octanol–water partition coefficient (Wildman–Crippen LogP) is 2.64. The quantitative estimate of drug-likeness (QED) is 0.375. The highest BCUT2D eigenvalue weighted by atomic mass is 32.1. The number of nitrogens with two attached hydrogens (primary N) is 1. The molecule has 2 atom stereocenters. The van der Waals surface area contributed by atoms with Gasteiger partial charge in [-0.15, -0.1) is 5.10 Å². The average molecular weight is 569 g/mol. The fourth-order valence-electron chi connectivity index (χ4n) is 6.15. The van der Waals surface area contributed by atoms with E-state index in [0.717, 1.165) is 74.1 Å². The Balaban J connectivity index is 1.33.